The molecule has 2 amide bonds. The zero-order valence-electron chi connectivity index (χ0n) is 22.5. The number of carbonyl (C=O) groups excluding carboxylic acids is 2. The van der Waals surface area contributed by atoms with Crippen molar-refractivity contribution in [3.8, 4) is 17.2 Å². The average Bonchev–Trinajstić information content (AvgIpc) is 3.36. The lowest BCUT2D eigenvalue weighted by atomic mass is 9.77. The fourth-order valence-electron chi connectivity index (χ4n) is 5.28. The van der Waals surface area contributed by atoms with Gasteiger partial charge in [-0.3, -0.25) is 9.59 Å². The maximum atomic E-state index is 13.5. The maximum Gasteiger partial charge on any atom is 0.247 e. The molecule has 39 heavy (non-hydrogen) atoms. The van der Waals surface area contributed by atoms with Gasteiger partial charge in [-0.1, -0.05) is 18.2 Å². The monoisotopic (exact) mass is 540 g/mol. The first kappa shape index (κ1) is 28.4. The molecule has 2 aromatic rings. The summed E-state index contributed by atoms with van der Waals surface area (Å²) in [6.07, 6.45) is 0.311. The smallest absolute Gasteiger partial charge is 0.247 e. The predicted octanol–water partition coefficient (Wildman–Crippen LogP) is 1.43. The first-order valence-corrected chi connectivity index (χ1v) is 13.0. The molecule has 0 spiro atoms. The van der Waals surface area contributed by atoms with Gasteiger partial charge >= 0.3 is 0 Å². The Labute approximate surface area is 228 Å². The molecule has 0 bridgehead atoms. The number of rotatable bonds is 12. The highest BCUT2D eigenvalue weighted by Gasteiger charge is 2.50. The molecule has 0 radical (unpaired) electrons. The quantitative estimate of drug-likeness (QED) is 0.369. The third kappa shape index (κ3) is 6.03. The van der Waals surface area contributed by atoms with Gasteiger partial charge in [0.05, 0.1) is 45.8 Å². The van der Waals surface area contributed by atoms with Crippen molar-refractivity contribution in [2.45, 2.75) is 37.0 Å². The zero-order chi connectivity index (χ0) is 27.9. The van der Waals surface area contributed by atoms with E-state index in [1.807, 2.05) is 24.3 Å². The third-order valence-corrected chi connectivity index (χ3v) is 7.19. The van der Waals surface area contributed by atoms with E-state index >= 15 is 0 Å². The van der Waals surface area contributed by atoms with Crippen LogP contribution < -0.4 is 19.5 Å². The van der Waals surface area contributed by atoms with E-state index in [0.29, 0.717) is 29.2 Å². The third-order valence-electron chi connectivity index (χ3n) is 7.19. The zero-order valence-corrected chi connectivity index (χ0v) is 22.5. The van der Waals surface area contributed by atoms with Crippen molar-refractivity contribution in [2.75, 3.05) is 47.6 Å². The van der Waals surface area contributed by atoms with Crippen LogP contribution in [0, 0.1) is 0 Å². The molecule has 210 valence electrons. The van der Waals surface area contributed by atoms with Crippen LogP contribution in [0.1, 0.15) is 23.5 Å². The summed E-state index contributed by atoms with van der Waals surface area (Å²) in [4.78, 5) is 28.3. The predicted molar refractivity (Wildman–Crippen MR) is 143 cm³/mol. The van der Waals surface area contributed by atoms with Crippen LogP contribution in [-0.2, 0) is 20.7 Å². The van der Waals surface area contributed by atoms with E-state index in [1.54, 1.807) is 43.4 Å². The van der Waals surface area contributed by atoms with Crippen LogP contribution in [-0.4, -0.2) is 92.8 Å². The molecule has 1 aliphatic heterocycles. The maximum absolute atomic E-state index is 13.5. The average molecular weight is 541 g/mol. The van der Waals surface area contributed by atoms with Crippen molar-refractivity contribution < 1.29 is 38.7 Å². The molecule has 10 nitrogen and oxygen atoms in total. The lowest BCUT2D eigenvalue weighted by Gasteiger charge is -2.41. The number of nitrogens with zero attached hydrogens (tertiary/aromatic N) is 1. The van der Waals surface area contributed by atoms with E-state index in [-0.39, 0.29) is 44.5 Å². The van der Waals surface area contributed by atoms with E-state index in [2.05, 4.69) is 5.32 Å². The first-order valence-electron chi connectivity index (χ1n) is 13.0. The van der Waals surface area contributed by atoms with Crippen molar-refractivity contribution >= 4 is 11.8 Å². The SMILES string of the molecule is COCCC(=O)N(CCc1cc(OC)ccc1OC)C1C=C(C(=O)NCCO)C2c3ccccc3OC2C1O. The molecule has 1 aliphatic carbocycles. The number of ether oxygens (including phenoxy) is 4. The van der Waals surface area contributed by atoms with Crippen molar-refractivity contribution in [3.63, 3.8) is 0 Å². The largest absolute Gasteiger partial charge is 0.497 e. The molecular formula is C29H36N2O8. The number of carbonyl (C=O) groups is 2. The van der Waals surface area contributed by atoms with E-state index in [1.165, 1.54) is 7.11 Å². The Kier molecular flexibility index (Phi) is 9.45. The minimum absolute atomic E-state index is 0.0788. The van der Waals surface area contributed by atoms with Crippen LogP contribution in [0.4, 0.5) is 0 Å². The Bertz CT molecular complexity index is 1200. The van der Waals surface area contributed by atoms with Crippen molar-refractivity contribution in [3.05, 3.63) is 65.2 Å². The summed E-state index contributed by atoms with van der Waals surface area (Å²) < 4.78 is 22.2. The lowest BCUT2D eigenvalue weighted by Crippen LogP contribution is -2.56. The highest BCUT2D eigenvalue weighted by Crippen LogP contribution is 2.47. The number of nitrogens with one attached hydrogen (secondary N) is 1. The van der Waals surface area contributed by atoms with Gasteiger partial charge in [-0.05, 0) is 42.3 Å². The number of methoxy groups -OCH3 is 3. The van der Waals surface area contributed by atoms with Gasteiger partial charge in [-0.15, -0.1) is 0 Å². The van der Waals surface area contributed by atoms with Crippen LogP contribution in [0.2, 0.25) is 0 Å². The van der Waals surface area contributed by atoms with Crippen molar-refractivity contribution in [1.82, 2.24) is 10.2 Å². The molecule has 4 rings (SSSR count). The molecule has 3 N–H and O–H groups in total. The molecule has 2 aliphatic rings. The summed E-state index contributed by atoms with van der Waals surface area (Å²) in [6.45, 7) is 0.314. The van der Waals surface area contributed by atoms with Gasteiger partial charge in [-0.25, -0.2) is 0 Å². The van der Waals surface area contributed by atoms with Gasteiger partial charge in [-0.2, -0.15) is 0 Å². The summed E-state index contributed by atoms with van der Waals surface area (Å²) in [7, 11) is 4.67. The fraction of sp³-hybridized carbons (Fsp3) is 0.448. The molecule has 1 heterocycles. The van der Waals surface area contributed by atoms with Gasteiger partial charge in [0.2, 0.25) is 11.8 Å². The Morgan fingerprint density at radius 1 is 1.10 bits per heavy atom. The van der Waals surface area contributed by atoms with Gasteiger partial charge < -0.3 is 39.4 Å². The molecule has 10 heteroatoms. The van der Waals surface area contributed by atoms with E-state index in [9.17, 15) is 19.8 Å². The second-order valence-electron chi connectivity index (χ2n) is 9.44. The number of fused-ring (bicyclic) bond motifs is 3. The van der Waals surface area contributed by atoms with Crippen LogP contribution in [0.25, 0.3) is 0 Å². The van der Waals surface area contributed by atoms with Gasteiger partial charge in [0.1, 0.15) is 29.5 Å². The van der Waals surface area contributed by atoms with E-state index in [0.717, 1.165) is 11.1 Å². The minimum Gasteiger partial charge on any atom is -0.497 e. The standard InChI is InChI=1S/C29H36N2O8/c1-36-15-11-25(33)31(13-10-18-16-19(37-2)8-9-23(18)38-3)22-17-21(29(35)30-12-14-32)26-20-6-4-5-7-24(20)39-28(26)27(22)34/h4-9,16-17,22,26-28,32,34H,10-15H2,1-3H3,(H,30,35). The number of para-hydroxylation sites is 1. The molecule has 4 unspecified atom stereocenters. The van der Waals surface area contributed by atoms with Crippen LogP contribution in [0.3, 0.4) is 0 Å². The Morgan fingerprint density at radius 3 is 2.62 bits per heavy atom. The van der Waals surface area contributed by atoms with Crippen LogP contribution >= 0.6 is 0 Å². The van der Waals surface area contributed by atoms with Gasteiger partial charge in [0.15, 0.2) is 0 Å². The molecule has 0 saturated carbocycles. The summed E-state index contributed by atoms with van der Waals surface area (Å²) in [5.74, 6) is 0.770. The number of hydrogen-bond donors (Lipinski definition) is 3. The molecular weight excluding hydrogens is 504 g/mol. The second-order valence-corrected chi connectivity index (χ2v) is 9.44. The van der Waals surface area contributed by atoms with Gasteiger partial charge in [0, 0.05) is 31.3 Å². The normalized spacial score (nSPS) is 21.2. The first-order chi connectivity index (χ1) is 18.9. The molecule has 0 fully saturated rings. The Balaban J connectivity index is 1.71. The number of hydrogen-bond acceptors (Lipinski definition) is 8. The Hall–Kier alpha value is -3.60. The number of aliphatic hydroxyl groups is 2. The summed E-state index contributed by atoms with van der Waals surface area (Å²) in [5.41, 5.74) is 2.01. The second kappa shape index (κ2) is 13.0. The number of aliphatic hydroxyl groups excluding tert-OH is 2. The summed E-state index contributed by atoms with van der Waals surface area (Å²) in [5, 5.41) is 23.6. The van der Waals surface area contributed by atoms with E-state index in [4.69, 9.17) is 18.9 Å². The van der Waals surface area contributed by atoms with Crippen LogP contribution in [0.5, 0.6) is 17.2 Å². The molecule has 0 saturated heterocycles. The molecule has 2 aromatic carbocycles. The summed E-state index contributed by atoms with van der Waals surface area (Å²) in [6, 6.07) is 12.0. The Morgan fingerprint density at radius 2 is 1.90 bits per heavy atom. The fourth-order valence-corrected chi connectivity index (χ4v) is 5.28. The minimum atomic E-state index is -1.10. The molecule has 0 aromatic heterocycles. The van der Waals surface area contributed by atoms with Crippen molar-refractivity contribution in [1.29, 1.82) is 0 Å². The molecule has 4 atom stereocenters. The highest BCUT2D eigenvalue weighted by molar-refractivity contribution is 5.96. The van der Waals surface area contributed by atoms with Crippen LogP contribution in [0.15, 0.2) is 54.1 Å². The number of benzene rings is 2. The summed E-state index contributed by atoms with van der Waals surface area (Å²) >= 11 is 0. The lowest BCUT2D eigenvalue weighted by molar-refractivity contribution is -0.138. The van der Waals surface area contributed by atoms with E-state index < -0.39 is 24.2 Å². The topological polar surface area (TPSA) is 127 Å². The van der Waals surface area contributed by atoms with Crippen molar-refractivity contribution in [2.24, 2.45) is 0 Å². The highest BCUT2D eigenvalue weighted by atomic mass is 16.5. The van der Waals surface area contributed by atoms with Gasteiger partial charge in [0.25, 0.3) is 0 Å². The number of amides is 2.